The number of ether oxygens (including phenoxy) is 1. The van der Waals surface area contributed by atoms with Crippen LogP contribution in [-0.2, 0) is 6.54 Å². The fourth-order valence-corrected chi connectivity index (χ4v) is 4.38. The summed E-state index contributed by atoms with van der Waals surface area (Å²) in [6, 6.07) is 12.5. The Morgan fingerprint density at radius 2 is 2.00 bits per heavy atom. The molecule has 0 radical (unpaired) electrons. The fraction of sp³-hybridized carbons (Fsp3) is 0.200. The number of hydrogen-bond donors (Lipinski definition) is 1. The van der Waals surface area contributed by atoms with Crippen molar-refractivity contribution in [3.05, 3.63) is 58.4 Å². The molecule has 1 amide bonds. The summed E-state index contributed by atoms with van der Waals surface area (Å²) in [5.41, 5.74) is 0.592. The molecule has 138 valence electrons. The van der Waals surface area contributed by atoms with Crippen LogP contribution in [-0.4, -0.2) is 35.5 Å². The van der Waals surface area contributed by atoms with Gasteiger partial charge in [-0.05, 0) is 24.3 Å². The zero-order valence-electron chi connectivity index (χ0n) is 14.9. The van der Waals surface area contributed by atoms with E-state index in [1.807, 2.05) is 24.3 Å². The number of amides is 1. The number of aromatic hydroxyl groups is 1. The van der Waals surface area contributed by atoms with E-state index in [1.54, 1.807) is 48.7 Å². The summed E-state index contributed by atoms with van der Waals surface area (Å²) >= 11 is 1.60. The second kappa shape index (κ2) is 6.66. The van der Waals surface area contributed by atoms with Gasteiger partial charge in [-0.3, -0.25) is 9.59 Å². The lowest BCUT2D eigenvalue weighted by Gasteiger charge is -2.23. The van der Waals surface area contributed by atoms with E-state index in [9.17, 15) is 14.7 Å². The number of aryl methyl sites for hydroxylation is 1. The summed E-state index contributed by atoms with van der Waals surface area (Å²) in [6.45, 7) is 0.481. The number of methoxy groups -OCH3 is 1. The van der Waals surface area contributed by atoms with Gasteiger partial charge in [0.1, 0.15) is 17.1 Å². The van der Waals surface area contributed by atoms with Crippen molar-refractivity contribution in [3.63, 3.8) is 0 Å². The van der Waals surface area contributed by atoms with Crippen molar-refractivity contribution in [1.82, 2.24) is 4.57 Å². The average Bonchev–Trinajstić information content (AvgIpc) is 2.71. The molecule has 2 heterocycles. The van der Waals surface area contributed by atoms with E-state index >= 15 is 0 Å². The van der Waals surface area contributed by atoms with Crippen LogP contribution < -0.4 is 15.2 Å². The highest BCUT2D eigenvalue weighted by molar-refractivity contribution is 7.99. The number of carbonyl (C=O) groups excluding carboxylic acids is 1. The summed E-state index contributed by atoms with van der Waals surface area (Å²) in [6.07, 6.45) is 0. The standard InChI is InChI=1S/C20H18N2O4S/c1-21(12-6-4-3-5-7-12)19(24)16-18(23)14-10-13(26-2)11-15-17(14)22(20(16)25)8-9-27-15/h3-7,10-11,23H,8-9H2,1-2H3. The smallest absolute Gasteiger partial charge is 0.267 e. The first kappa shape index (κ1) is 17.5. The van der Waals surface area contributed by atoms with Crippen molar-refractivity contribution in [1.29, 1.82) is 0 Å². The predicted molar refractivity (Wildman–Crippen MR) is 106 cm³/mol. The number of anilines is 1. The molecule has 2 aromatic carbocycles. The SMILES string of the molecule is COc1cc2c3c(c1)c(O)c(C(=O)N(C)c1ccccc1)c(=O)n3CCS2. The van der Waals surface area contributed by atoms with E-state index < -0.39 is 11.5 Å². The van der Waals surface area contributed by atoms with Gasteiger partial charge in [-0.2, -0.15) is 0 Å². The van der Waals surface area contributed by atoms with Gasteiger partial charge in [0.15, 0.2) is 0 Å². The number of nitrogens with zero attached hydrogens (tertiary/aromatic N) is 2. The minimum atomic E-state index is -0.544. The van der Waals surface area contributed by atoms with E-state index in [2.05, 4.69) is 0 Å². The zero-order valence-corrected chi connectivity index (χ0v) is 15.7. The molecule has 1 aliphatic heterocycles. The number of para-hydroxylation sites is 1. The normalized spacial score (nSPS) is 12.8. The van der Waals surface area contributed by atoms with Gasteiger partial charge >= 0.3 is 0 Å². The number of aromatic nitrogens is 1. The van der Waals surface area contributed by atoms with E-state index in [0.29, 0.717) is 34.6 Å². The Morgan fingerprint density at radius 3 is 2.70 bits per heavy atom. The zero-order chi connectivity index (χ0) is 19.1. The van der Waals surface area contributed by atoms with Crippen molar-refractivity contribution in [3.8, 4) is 11.5 Å². The van der Waals surface area contributed by atoms with Crippen molar-refractivity contribution in [2.45, 2.75) is 11.4 Å². The topological polar surface area (TPSA) is 71.8 Å². The lowest BCUT2D eigenvalue weighted by molar-refractivity contribution is 0.0988. The Labute approximate surface area is 160 Å². The van der Waals surface area contributed by atoms with Crippen LogP contribution >= 0.6 is 11.8 Å². The van der Waals surface area contributed by atoms with Gasteiger partial charge in [0, 0.05) is 35.3 Å². The molecular weight excluding hydrogens is 364 g/mol. The van der Waals surface area contributed by atoms with Crippen molar-refractivity contribution in [2.24, 2.45) is 0 Å². The van der Waals surface area contributed by atoms with E-state index in [1.165, 1.54) is 4.90 Å². The van der Waals surface area contributed by atoms with Gasteiger partial charge in [-0.1, -0.05) is 18.2 Å². The van der Waals surface area contributed by atoms with Crippen LogP contribution in [0.2, 0.25) is 0 Å². The first-order chi connectivity index (χ1) is 13.0. The first-order valence-electron chi connectivity index (χ1n) is 8.46. The van der Waals surface area contributed by atoms with E-state index in [-0.39, 0.29) is 11.3 Å². The molecule has 6 nitrogen and oxygen atoms in total. The molecule has 1 aromatic heterocycles. The molecule has 1 N–H and O–H groups in total. The number of benzene rings is 2. The highest BCUT2D eigenvalue weighted by Crippen LogP contribution is 2.39. The molecule has 0 aliphatic carbocycles. The van der Waals surface area contributed by atoms with E-state index in [4.69, 9.17) is 4.74 Å². The molecule has 0 spiro atoms. The Balaban J connectivity index is 1.97. The Kier molecular flexibility index (Phi) is 4.31. The Hall–Kier alpha value is -2.93. The highest BCUT2D eigenvalue weighted by atomic mass is 32.2. The van der Waals surface area contributed by atoms with Crippen LogP contribution in [0.15, 0.2) is 52.2 Å². The van der Waals surface area contributed by atoms with Gasteiger partial charge in [-0.15, -0.1) is 11.8 Å². The maximum atomic E-state index is 13.1. The molecule has 4 rings (SSSR count). The molecule has 27 heavy (non-hydrogen) atoms. The molecule has 3 aromatic rings. The molecular formula is C20H18N2O4S. The van der Waals surface area contributed by atoms with Crippen LogP contribution in [0.3, 0.4) is 0 Å². The summed E-state index contributed by atoms with van der Waals surface area (Å²) < 4.78 is 6.90. The number of carbonyl (C=O) groups is 1. The van der Waals surface area contributed by atoms with Crippen LogP contribution in [0, 0.1) is 0 Å². The first-order valence-corrected chi connectivity index (χ1v) is 9.45. The molecule has 0 unspecified atom stereocenters. The molecule has 0 saturated heterocycles. The molecule has 0 fully saturated rings. The minimum absolute atomic E-state index is 0.222. The quantitative estimate of drug-likeness (QED) is 0.754. The Bertz CT molecular complexity index is 1110. The van der Waals surface area contributed by atoms with Crippen LogP contribution in [0.4, 0.5) is 5.69 Å². The molecule has 7 heteroatoms. The lowest BCUT2D eigenvalue weighted by atomic mass is 10.1. The largest absolute Gasteiger partial charge is 0.506 e. The van der Waals surface area contributed by atoms with Gasteiger partial charge in [-0.25, -0.2) is 0 Å². The van der Waals surface area contributed by atoms with Crippen LogP contribution in [0.25, 0.3) is 10.9 Å². The predicted octanol–water partition coefficient (Wildman–Crippen LogP) is 3.10. The Morgan fingerprint density at radius 1 is 1.26 bits per heavy atom. The van der Waals surface area contributed by atoms with Gasteiger partial charge in [0.05, 0.1) is 12.6 Å². The van der Waals surface area contributed by atoms with Gasteiger partial charge < -0.3 is 19.3 Å². The van der Waals surface area contributed by atoms with Crippen molar-refractivity contribution >= 4 is 34.3 Å². The molecule has 0 bridgehead atoms. The summed E-state index contributed by atoms with van der Waals surface area (Å²) in [4.78, 5) is 28.4. The number of pyridine rings is 1. The third-order valence-corrected chi connectivity index (χ3v) is 5.75. The maximum absolute atomic E-state index is 13.1. The van der Waals surface area contributed by atoms with Crippen molar-refractivity contribution < 1.29 is 14.6 Å². The monoisotopic (exact) mass is 382 g/mol. The minimum Gasteiger partial charge on any atom is -0.506 e. The number of rotatable bonds is 3. The third kappa shape index (κ3) is 2.75. The molecule has 0 saturated carbocycles. The van der Waals surface area contributed by atoms with E-state index in [0.717, 1.165) is 4.90 Å². The van der Waals surface area contributed by atoms with Crippen LogP contribution in [0.5, 0.6) is 11.5 Å². The third-order valence-electron chi connectivity index (χ3n) is 4.74. The lowest BCUT2D eigenvalue weighted by Crippen LogP contribution is -2.35. The van der Waals surface area contributed by atoms with Crippen LogP contribution in [0.1, 0.15) is 10.4 Å². The fourth-order valence-electron chi connectivity index (χ4n) is 3.33. The second-order valence-electron chi connectivity index (χ2n) is 6.25. The second-order valence-corrected chi connectivity index (χ2v) is 7.39. The summed E-state index contributed by atoms with van der Waals surface area (Å²) in [7, 11) is 3.13. The van der Waals surface area contributed by atoms with Gasteiger partial charge in [0.2, 0.25) is 0 Å². The average molecular weight is 382 g/mol. The van der Waals surface area contributed by atoms with Gasteiger partial charge in [0.25, 0.3) is 11.5 Å². The summed E-state index contributed by atoms with van der Waals surface area (Å²) in [5.74, 6) is 0.433. The number of hydrogen-bond acceptors (Lipinski definition) is 5. The van der Waals surface area contributed by atoms with Crippen molar-refractivity contribution in [2.75, 3.05) is 24.8 Å². The maximum Gasteiger partial charge on any atom is 0.267 e. The summed E-state index contributed by atoms with van der Waals surface area (Å²) in [5, 5.41) is 11.3. The molecule has 1 aliphatic rings. The highest BCUT2D eigenvalue weighted by Gasteiger charge is 2.28. The molecule has 0 atom stereocenters. The number of thioether (sulfide) groups is 1.